The number of hydrogen-bond acceptors (Lipinski definition) is 7. The maximum atomic E-state index is 12.0. The highest BCUT2D eigenvalue weighted by atomic mass is 32.2. The van der Waals surface area contributed by atoms with Gasteiger partial charge < -0.3 is 14.9 Å². The summed E-state index contributed by atoms with van der Waals surface area (Å²) in [7, 11) is -5.71. The summed E-state index contributed by atoms with van der Waals surface area (Å²) in [5.74, 6) is -3.26. The normalized spacial score (nSPS) is 12.3. The summed E-state index contributed by atoms with van der Waals surface area (Å²) in [5.41, 5.74) is -5.57. The smallest absolute Gasteiger partial charge is 0.465 e. The SMILES string of the molecule is O=C(CCCCOC(=O)C(CO)CO)NS(=O)(=O)C(F)(F)F. The Hall–Kier alpha value is -1.40. The second-order valence-corrected chi connectivity index (χ2v) is 5.83. The largest absolute Gasteiger partial charge is 0.516 e. The van der Waals surface area contributed by atoms with Gasteiger partial charge in [0.1, 0.15) is 5.92 Å². The van der Waals surface area contributed by atoms with Crippen molar-refractivity contribution in [2.45, 2.75) is 24.8 Å². The van der Waals surface area contributed by atoms with Crippen LogP contribution in [0.4, 0.5) is 13.2 Å². The van der Waals surface area contributed by atoms with Gasteiger partial charge in [-0.2, -0.15) is 21.6 Å². The van der Waals surface area contributed by atoms with Crippen LogP contribution in [0.3, 0.4) is 0 Å². The molecule has 0 aromatic carbocycles. The third-order valence-corrected chi connectivity index (χ3v) is 3.48. The van der Waals surface area contributed by atoms with Gasteiger partial charge in [-0.3, -0.25) is 9.59 Å². The number of amides is 1. The molecule has 22 heavy (non-hydrogen) atoms. The van der Waals surface area contributed by atoms with Crippen molar-refractivity contribution in [2.24, 2.45) is 5.92 Å². The van der Waals surface area contributed by atoms with Crippen LogP contribution in [0.1, 0.15) is 19.3 Å². The molecule has 0 aliphatic carbocycles. The molecule has 0 radical (unpaired) electrons. The van der Waals surface area contributed by atoms with E-state index < -0.39 is 53.0 Å². The number of carbonyl (C=O) groups is 2. The van der Waals surface area contributed by atoms with Crippen LogP contribution >= 0.6 is 0 Å². The van der Waals surface area contributed by atoms with E-state index >= 15 is 0 Å². The molecule has 3 N–H and O–H groups in total. The fourth-order valence-corrected chi connectivity index (χ4v) is 1.66. The quantitative estimate of drug-likeness (QED) is 0.369. The number of rotatable bonds is 9. The zero-order valence-corrected chi connectivity index (χ0v) is 12.1. The molecule has 12 heteroatoms. The molecular formula is C10H16F3NO7S. The van der Waals surface area contributed by atoms with Crippen molar-refractivity contribution in [1.29, 1.82) is 0 Å². The van der Waals surface area contributed by atoms with Gasteiger partial charge in [0.05, 0.1) is 19.8 Å². The molecule has 0 bridgehead atoms. The maximum absolute atomic E-state index is 12.0. The van der Waals surface area contributed by atoms with E-state index in [1.54, 1.807) is 0 Å². The number of esters is 1. The lowest BCUT2D eigenvalue weighted by molar-refractivity contribution is -0.151. The second kappa shape index (κ2) is 8.90. The van der Waals surface area contributed by atoms with Crippen LogP contribution < -0.4 is 4.72 Å². The fraction of sp³-hybridized carbons (Fsp3) is 0.800. The van der Waals surface area contributed by atoms with E-state index in [2.05, 4.69) is 4.74 Å². The average Bonchev–Trinajstić information content (AvgIpc) is 2.37. The lowest BCUT2D eigenvalue weighted by Gasteiger charge is -2.11. The molecule has 0 aromatic rings. The summed E-state index contributed by atoms with van der Waals surface area (Å²) in [6.07, 6.45) is -0.430. The molecule has 0 heterocycles. The molecule has 0 spiro atoms. The van der Waals surface area contributed by atoms with E-state index in [1.807, 2.05) is 0 Å². The van der Waals surface area contributed by atoms with Crippen molar-refractivity contribution < 1.29 is 46.1 Å². The van der Waals surface area contributed by atoms with Gasteiger partial charge in [0.15, 0.2) is 0 Å². The third kappa shape index (κ3) is 7.04. The molecule has 0 saturated carbocycles. The van der Waals surface area contributed by atoms with Crippen molar-refractivity contribution in [3.63, 3.8) is 0 Å². The Bertz CT molecular complexity index is 473. The Morgan fingerprint density at radius 3 is 2.14 bits per heavy atom. The molecule has 130 valence electrons. The molecule has 1 amide bonds. The monoisotopic (exact) mass is 351 g/mol. The van der Waals surface area contributed by atoms with Gasteiger partial charge in [-0.15, -0.1) is 0 Å². The standard InChI is InChI=1S/C10H16F3NO7S/c11-10(12,13)22(19,20)14-8(17)3-1-2-4-21-9(18)7(5-15)6-16/h7,15-16H,1-6H2,(H,14,17). The second-order valence-electron chi connectivity index (χ2n) is 4.16. The first-order valence-electron chi connectivity index (χ1n) is 6.05. The molecule has 0 rings (SSSR count). The average molecular weight is 351 g/mol. The van der Waals surface area contributed by atoms with Gasteiger partial charge in [0, 0.05) is 6.42 Å². The Morgan fingerprint density at radius 1 is 1.14 bits per heavy atom. The first kappa shape index (κ1) is 20.6. The number of ether oxygens (including phenoxy) is 1. The Morgan fingerprint density at radius 2 is 1.68 bits per heavy atom. The van der Waals surface area contributed by atoms with Crippen molar-refractivity contribution >= 4 is 21.9 Å². The van der Waals surface area contributed by atoms with Gasteiger partial charge in [0.2, 0.25) is 5.91 Å². The third-order valence-electron chi connectivity index (χ3n) is 2.37. The topological polar surface area (TPSA) is 130 Å². The summed E-state index contributed by atoms with van der Waals surface area (Å²) in [6, 6.07) is 0. The number of halogens is 3. The van der Waals surface area contributed by atoms with Crippen LogP contribution in [0.2, 0.25) is 0 Å². The number of hydrogen-bond donors (Lipinski definition) is 3. The zero-order chi connectivity index (χ0) is 17.4. The van der Waals surface area contributed by atoms with E-state index in [9.17, 15) is 31.2 Å². The first-order valence-corrected chi connectivity index (χ1v) is 7.53. The van der Waals surface area contributed by atoms with Crippen molar-refractivity contribution in [1.82, 2.24) is 4.72 Å². The summed E-state index contributed by atoms with van der Waals surface area (Å²) in [6.45, 7) is -1.39. The maximum Gasteiger partial charge on any atom is 0.516 e. The van der Waals surface area contributed by atoms with Crippen molar-refractivity contribution in [3.05, 3.63) is 0 Å². The number of aliphatic hydroxyl groups excluding tert-OH is 2. The van der Waals surface area contributed by atoms with Gasteiger partial charge in [0.25, 0.3) is 0 Å². The number of aliphatic hydroxyl groups is 2. The van der Waals surface area contributed by atoms with Gasteiger partial charge in [-0.1, -0.05) is 0 Å². The van der Waals surface area contributed by atoms with E-state index in [4.69, 9.17) is 10.2 Å². The van der Waals surface area contributed by atoms with Gasteiger partial charge >= 0.3 is 21.5 Å². The number of alkyl halides is 3. The van der Waals surface area contributed by atoms with E-state index in [-0.39, 0.29) is 19.4 Å². The predicted molar refractivity (Wildman–Crippen MR) is 65.6 cm³/mol. The van der Waals surface area contributed by atoms with E-state index in [0.29, 0.717) is 0 Å². The van der Waals surface area contributed by atoms with Crippen LogP contribution in [0.15, 0.2) is 0 Å². The number of carbonyl (C=O) groups excluding carboxylic acids is 2. The highest BCUT2D eigenvalue weighted by Gasteiger charge is 2.46. The van der Waals surface area contributed by atoms with Crippen molar-refractivity contribution in [3.8, 4) is 0 Å². The molecule has 0 atom stereocenters. The van der Waals surface area contributed by atoms with Gasteiger partial charge in [-0.05, 0) is 12.8 Å². The number of sulfonamides is 1. The Kier molecular flexibility index (Phi) is 8.34. The summed E-state index contributed by atoms with van der Waals surface area (Å²) in [5, 5.41) is 17.4. The van der Waals surface area contributed by atoms with Crippen molar-refractivity contribution in [2.75, 3.05) is 19.8 Å². The minimum atomic E-state index is -5.71. The highest BCUT2D eigenvalue weighted by Crippen LogP contribution is 2.21. The van der Waals surface area contributed by atoms with Gasteiger partial charge in [-0.25, -0.2) is 4.72 Å². The molecule has 0 aliphatic rings. The lowest BCUT2D eigenvalue weighted by atomic mass is 10.2. The zero-order valence-electron chi connectivity index (χ0n) is 11.3. The molecule has 0 fully saturated rings. The first-order chi connectivity index (χ1) is 10.0. The summed E-state index contributed by atoms with van der Waals surface area (Å²) in [4.78, 5) is 22.2. The highest BCUT2D eigenvalue weighted by molar-refractivity contribution is 7.90. The molecular weight excluding hydrogens is 335 g/mol. The Balaban J connectivity index is 3.99. The van der Waals surface area contributed by atoms with E-state index in [0.717, 1.165) is 4.72 Å². The molecule has 0 saturated heterocycles. The fourth-order valence-electron chi connectivity index (χ4n) is 1.14. The van der Waals surface area contributed by atoms with E-state index in [1.165, 1.54) is 0 Å². The Labute approximate surface area is 124 Å². The van der Waals surface area contributed by atoms with Crippen LogP contribution in [0, 0.1) is 5.92 Å². The van der Waals surface area contributed by atoms with Crippen LogP contribution in [-0.4, -0.2) is 55.8 Å². The minimum Gasteiger partial charge on any atom is -0.465 e. The number of nitrogens with one attached hydrogen (secondary N) is 1. The molecule has 0 unspecified atom stereocenters. The summed E-state index contributed by atoms with van der Waals surface area (Å²) < 4.78 is 62.6. The van der Waals surface area contributed by atoms with Crippen LogP contribution in [0.25, 0.3) is 0 Å². The predicted octanol–water partition coefficient (Wildman–Crippen LogP) is -0.734. The van der Waals surface area contributed by atoms with Crippen LogP contribution in [-0.2, 0) is 24.3 Å². The summed E-state index contributed by atoms with van der Waals surface area (Å²) >= 11 is 0. The molecule has 8 nitrogen and oxygen atoms in total. The minimum absolute atomic E-state index is 0.0184. The molecule has 0 aromatic heterocycles. The number of unbranched alkanes of at least 4 members (excludes halogenated alkanes) is 1. The molecule has 0 aliphatic heterocycles. The lowest BCUT2D eigenvalue weighted by Crippen LogP contribution is -2.40. The van der Waals surface area contributed by atoms with Crippen LogP contribution in [0.5, 0.6) is 0 Å².